The average Bonchev–Trinajstić information content (AvgIpc) is 3.54. The molecule has 0 unspecified atom stereocenters. The molecule has 1 spiro atoms. The van der Waals surface area contributed by atoms with Crippen molar-refractivity contribution >= 4 is 30.1 Å². The summed E-state index contributed by atoms with van der Waals surface area (Å²) in [4.78, 5) is 81.1. The van der Waals surface area contributed by atoms with E-state index in [2.05, 4.69) is 25.2 Å². The Morgan fingerprint density at radius 2 is 1.76 bits per heavy atom. The minimum absolute atomic E-state index is 0.0500. The molecule has 2 fully saturated rings. The highest BCUT2D eigenvalue weighted by molar-refractivity contribution is 6.22. The lowest BCUT2D eigenvalue weighted by molar-refractivity contribution is -0.584. The van der Waals surface area contributed by atoms with Crippen molar-refractivity contribution in [1.29, 1.82) is 0 Å². The largest absolute Gasteiger partial charge is 0.496 e. The van der Waals surface area contributed by atoms with Crippen LogP contribution in [0.3, 0.4) is 0 Å². The SMILES string of the molecule is COC(=O)N[C@H]1[C@@H](C)O[C@@H](O[C@H]2C/C=C(\C)[C@@H]3C=C[C@@H]4[C@@H](OCc5ccccc5OC)[C@@H](C)C[C@H](C)[C@H]4[C@]3(C)C(=O)C3=C(OC(C)=O)[C@@]4(CC(C=O)=C[C@H](O)[C@H]4C=C2C)OC3=O)C[C@]1(C)[N+](=O)[O-]. The standard InChI is InChI=1S/C51H64N2O15/c1-26-15-18-38(67-40-23-49(7,53(60)61)44(30(5)65-40)52-48(59)63-10)27(2)20-36-37(56)21-32(24-54)22-51(36)46(66-31(6)55)41(47(58)68-51)45(57)50(8)35(26)17-16-34-42(50)28(3)19-29(4)43(34)64-25-33-13-11-12-14-39(33)62-9/h11-17,20-21,24,28-30,34-38,40,42-44,56H,18-19,22-23,25H2,1-10H3,(H,52,59)/b26-15+,27-20?/t28-,29-,30+,34-,35-,36+,37-,38-,40-,42+,43-,44-,49-,50+,51-/m0/s1. The lowest BCUT2D eigenvalue weighted by atomic mass is 9.48. The summed E-state index contributed by atoms with van der Waals surface area (Å²) in [5, 5.41) is 27.2. The zero-order chi connectivity index (χ0) is 49.6. The van der Waals surface area contributed by atoms with E-state index in [0.29, 0.717) is 24.0 Å². The maximum Gasteiger partial charge on any atom is 0.407 e. The summed E-state index contributed by atoms with van der Waals surface area (Å²) >= 11 is 0. The van der Waals surface area contributed by atoms with Crippen molar-refractivity contribution in [3.05, 3.63) is 98.4 Å². The molecular weight excluding hydrogens is 881 g/mol. The monoisotopic (exact) mass is 944 g/mol. The minimum Gasteiger partial charge on any atom is -0.496 e. The third-order valence-corrected chi connectivity index (χ3v) is 15.5. The smallest absolute Gasteiger partial charge is 0.407 e. The van der Waals surface area contributed by atoms with Crippen molar-refractivity contribution in [1.82, 2.24) is 5.32 Å². The number of ether oxygens (including phenoxy) is 7. The summed E-state index contributed by atoms with van der Waals surface area (Å²) in [6.45, 7) is 14.0. The van der Waals surface area contributed by atoms with Gasteiger partial charge in [0.25, 0.3) is 0 Å². The molecule has 2 heterocycles. The lowest BCUT2D eigenvalue weighted by Crippen LogP contribution is -2.65. The molecule has 17 nitrogen and oxygen atoms in total. The van der Waals surface area contributed by atoms with Gasteiger partial charge in [-0.1, -0.05) is 68.8 Å². The fourth-order valence-electron chi connectivity index (χ4n) is 12.3. The number of fused-ring (bicyclic) bond motifs is 3. The molecule has 15 atom stereocenters. The molecule has 17 heteroatoms. The highest BCUT2D eigenvalue weighted by Gasteiger charge is 2.65. The second kappa shape index (κ2) is 19.5. The number of hydrogen-bond acceptors (Lipinski definition) is 15. The number of benzene rings is 1. The van der Waals surface area contributed by atoms with E-state index in [1.807, 2.05) is 50.3 Å². The second-order valence-electron chi connectivity index (χ2n) is 19.9. The summed E-state index contributed by atoms with van der Waals surface area (Å²) in [6.07, 6.45) is 3.95. The fourth-order valence-corrected chi connectivity index (χ4v) is 12.3. The van der Waals surface area contributed by atoms with Gasteiger partial charge in [-0.3, -0.25) is 24.5 Å². The Kier molecular flexibility index (Phi) is 14.4. The Morgan fingerprint density at radius 1 is 1.04 bits per heavy atom. The summed E-state index contributed by atoms with van der Waals surface area (Å²) in [7, 11) is 2.76. The van der Waals surface area contributed by atoms with Gasteiger partial charge in [0, 0.05) is 48.0 Å². The zero-order valence-corrected chi connectivity index (χ0v) is 40.3. The molecule has 1 saturated carbocycles. The zero-order valence-electron chi connectivity index (χ0n) is 40.3. The maximum absolute atomic E-state index is 16.1. The molecular formula is C51H64N2O15. The Morgan fingerprint density at radius 3 is 2.43 bits per heavy atom. The van der Waals surface area contributed by atoms with Crippen molar-refractivity contribution in [2.45, 2.75) is 136 Å². The van der Waals surface area contributed by atoms with Crippen LogP contribution in [0.4, 0.5) is 4.79 Å². The summed E-state index contributed by atoms with van der Waals surface area (Å²) in [5.74, 6) is -4.92. The highest BCUT2D eigenvalue weighted by Crippen LogP contribution is 2.60. The predicted octanol–water partition coefficient (Wildman–Crippen LogP) is 6.45. The summed E-state index contributed by atoms with van der Waals surface area (Å²) in [6, 6.07) is 6.51. The first-order valence-electron chi connectivity index (χ1n) is 23.3. The number of aliphatic hydroxyl groups is 1. The van der Waals surface area contributed by atoms with Gasteiger partial charge in [-0.15, -0.1) is 0 Å². The van der Waals surface area contributed by atoms with Crippen LogP contribution in [-0.4, -0.2) is 102 Å². The van der Waals surface area contributed by atoms with Crippen LogP contribution in [0.1, 0.15) is 86.6 Å². The first-order chi connectivity index (χ1) is 32.1. The number of nitrogens with zero attached hydrogens (tertiary/aromatic N) is 1. The number of nitro groups is 1. The van der Waals surface area contributed by atoms with E-state index < -0.39 is 99.3 Å². The maximum atomic E-state index is 16.1. The van der Waals surface area contributed by atoms with E-state index in [-0.39, 0.29) is 61.1 Å². The number of alkyl carbamates (subject to hydrolysis) is 1. The van der Waals surface area contributed by atoms with Crippen molar-refractivity contribution in [2.24, 2.45) is 40.9 Å². The molecule has 4 aliphatic carbocycles. The number of rotatable bonds is 10. The topological polar surface area (TPSA) is 225 Å². The van der Waals surface area contributed by atoms with E-state index >= 15 is 4.79 Å². The molecule has 1 amide bonds. The van der Waals surface area contributed by atoms with Crippen molar-refractivity contribution in [3.8, 4) is 5.75 Å². The Hall–Kier alpha value is -5.49. The molecule has 2 bridgehead atoms. The van der Waals surface area contributed by atoms with Gasteiger partial charge in [0.1, 0.15) is 23.7 Å². The number of nitrogens with one attached hydrogen (secondary N) is 1. The molecule has 1 aromatic rings. The fraction of sp³-hybridized carbons (Fsp3) is 0.588. The van der Waals surface area contributed by atoms with Gasteiger partial charge in [-0.25, -0.2) is 9.59 Å². The van der Waals surface area contributed by atoms with Crippen molar-refractivity contribution < 1.29 is 67.2 Å². The van der Waals surface area contributed by atoms with Gasteiger partial charge < -0.3 is 43.6 Å². The van der Waals surface area contributed by atoms with Gasteiger partial charge in [0.05, 0.1) is 57.6 Å². The molecule has 2 N–H and O–H groups in total. The molecule has 0 radical (unpaired) electrons. The Labute approximate surface area is 396 Å². The van der Waals surface area contributed by atoms with Gasteiger partial charge in [0.15, 0.2) is 23.4 Å². The lowest BCUT2D eigenvalue weighted by Gasteiger charge is -2.55. The summed E-state index contributed by atoms with van der Waals surface area (Å²) in [5.41, 5.74) is -3.56. The highest BCUT2D eigenvalue weighted by atomic mass is 16.7. The number of methoxy groups -OCH3 is 2. The third kappa shape index (κ3) is 8.86. The molecule has 68 heavy (non-hydrogen) atoms. The molecule has 6 aliphatic rings. The first-order valence-corrected chi connectivity index (χ1v) is 23.3. The van der Waals surface area contributed by atoms with E-state index in [1.54, 1.807) is 27.0 Å². The second-order valence-corrected chi connectivity index (χ2v) is 19.9. The Bertz CT molecular complexity index is 2370. The molecule has 7 rings (SSSR count). The number of Topliss-reactive ketones (excluding diaryl/α,β-unsaturated/α-hetero) is 1. The van der Waals surface area contributed by atoms with Crippen molar-refractivity contribution in [3.63, 3.8) is 0 Å². The van der Waals surface area contributed by atoms with Crippen LogP contribution in [0, 0.1) is 51.0 Å². The number of aliphatic hydroxyl groups excluding tert-OH is 1. The Balaban J connectivity index is 1.39. The van der Waals surface area contributed by atoms with E-state index in [0.717, 1.165) is 25.2 Å². The molecule has 1 saturated heterocycles. The van der Waals surface area contributed by atoms with Crippen LogP contribution < -0.4 is 10.1 Å². The number of allylic oxidation sites excluding steroid dienone is 2. The van der Waals surface area contributed by atoms with E-state index in [9.17, 15) is 34.4 Å². The van der Waals surface area contributed by atoms with E-state index in [1.165, 1.54) is 13.0 Å². The summed E-state index contributed by atoms with van der Waals surface area (Å²) < 4.78 is 42.4. The van der Waals surface area contributed by atoms with Gasteiger partial charge >= 0.3 is 18.0 Å². The van der Waals surface area contributed by atoms with Crippen LogP contribution in [-0.2, 0) is 54.2 Å². The number of ketones is 1. The number of hydrogen-bond donors (Lipinski definition) is 2. The first kappa shape index (κ1) is 50.4. The van der Waals surface area contributed by atoms with Gasteiger partial charge in [0.2, 0.25) is 5.54 Å². The molecule has 1 aromatic carbocycles. The third-order valence-electron chi connectivity index (χ3n) is 15.5. The molecule has 2 aliphatic heterocycles. The van der Waals surface area contributed by atoms with Crippen LogP contribution in [0.2, 0.25) is 0 Å². The van der Waals surface area contributed by atoms with Crippen LogP contribution in [0.15, 0.2) is 82.7 Å². The predicted molar refractivity (Wildman–Crippen MR) is 244 cm³/mol. The number of carbonyl (C=O) groups is 5. The number of carbonyl (C=O) groups excluding carboxylic acids is 5. The average molecular weight is 945 g/mol. The van der Waals surface area contributed by atoms with E-state index in [4.69, 9.17) is 33.2 Å². The number of amides is 1. The number of para-hydroxylation sites is 1. The number of esters is 2. The quantitative estimate of drug-likeness (QED) is 0.0489. The van der Waals surface area contributed by atoms with Crippen LogP contribution in [0.25, 0.3) is 0 Å². The molecule has 0 aromatic heterocycles. The molecule has 368 valence electrons. The van der Waals surface area contributed by atoms with Gasteiger partial charge in [-0.2, -0.15) is 0 Å². The minimum atomic E-state index is -2.05. The normalized spacial score (nSPS) is 38.8. The van der Waals surface area contributed by atoms with Crippen LogP contribution in [0.5, 0.6) is 5.75 Å². The van der Waals surface area contributed by atoms with Gasteiger partial charge in [-0.05, 0) is 74.7 Å². The van der Waals surface area contributed by atoms with Crippen molar-refractivity contribution in [2.75, 3.05) is 14.2 Å². The van der Waals surface area contributed by atoms with Crippen LogP contribution >= 0.6 is 0 Å². The number of aldehydes is 1.